The zero-order chi connectivity index (χ0) is 38.5. The number of amides is 2. The topological polar surface area (TPSA) is 144 Å². The fraction of sp³-hybridized carbons (Fsp3) is 0.359. The van der Waals surface area contributed by atoms with Crippen LogP contribution in [0, 0.1) is 5.82 Å². The molecule has 1 aliphatic heterocycles. The van der Waals surface area contributed by atoms with Gasteiger partial charge in [-0.15, -0.1) is 0 Å². The molecule has 0 bridgehead atoms. The Morgan fingerprint density at radius 3 is 2.30 bits per heavy atom. The number of piperazine rings is 1. The average Bonchev–Trinajstić information content (AvgIpc) is 3.11. The lowest BCUT2D eigenvalue weighted by Gasteiger charge is -2.44. The average molecular weight is 766 g/mol. The van der Waals surface area contributed by atoms with E-state index in [4.69, 9.17) is 26.8 Å². The van der Waals surface area contributed by atoms with Gasteiger partial charge in [-0.25, -0.2) is 22.6 Å². The highest BCUT2D eigenvalue weighted by Gasteiger charge is 2.42. The van der Waals surface area contributed by atoms with Gasteiger partial charge in [-0.2, -0.15) is 4.31 Å². The largest absolute Gasteiger partial charge is 0.481 e. The van der Waals surface area contributed by atoms with E-state index in [0.29, 0.717) is 22.0 Å². The van der Waals surface area contributed by atoms with Crippen molar-refractivity contribution in [2.75, 3.05) is 25.5 Å². The molecule has 4 atom stereocenters. The number of hydrogen-bond acceptors (Lipinski definition) is 8. The van der Waals surface area contributed by atoms with Gasteiger partial charge >= 0.3 is 6.09 Å². The number of aromatic nitrogens is 1. The van der Waals surface area contributed by atoms with E-state index in [1.807, 2.05) is 0 Å². The lowest BCUT2D eigenvalue weighted by Crippen LogP contribution is -2.61. The van der Waals surface area contributed by atoms with Crippen molar-refractivity contribution in [3.8, 4) is 5.88 Å². The summed E-state index contributed by atoms with van der Waals surface area (Å²) in [5, 5.41) is 3.34. The standard InChI is InChI=1S/C39H45ClFN5O6S/c1-25-23-45(38(48)52-39(2,3)4)24-29(46(25)53(49,50)30-10-7-6-8-11-30)19-20-31-32(41)12-9-13-33(31)44-37(47)36(42)35(26-14-17-28(40)18-15-26)27-16-21-34(51-5)43-22-27/h6-18,21-22,25,29,35-36H,19-20,23-24,42H2,1-5H3,(H,44,47)/t25-,29+,35+,36+/m1/s1. The van der Waals surface area contributed by atoms with Crippen molar-refractivity contribution in [3.05, 3.63) is 119 Å². The number of nitrogens with zero attached hydrogens (tertiary/aromatic N) is 3. The molecule has 11 nitrogen and oxygen atoms in total. The van der Waals surface area contributed by atoms with Gasteiger partial charge in [0.05, 0.1) is 18.0 Å². The van der Waals surface area contributed by atoms with Gasteiger partial charge in [0.1, 0.15) is 11.4 Å². The molecule has 3 aromatic carbocycles. The first-order chi connectivity index (χ1) is 25.1. The monoisotopic (exact) mass is 765 g/mol. The van der Waals surface area contributed by atoms with E-state index in [9.17, 15) is 18.0 Å². The second kappa shape index (κ2) is 16.6. The van der Waals surface area contributed by atoms with Gasteiger partial charge in [-0.3, -0.25) is 4.79 Å². The second-order valence-electron chi connectivity index (χ2n) is 14.0. The van der Waals surface area contributed by atoms with Crippen LogP contribution in [0.4, 0.5) is 14.9 Å². The van der Waals surface area contributed by atoms with Crippen molar-refractivity contribution in [2.24, 2.45) is 5.73 Å². The molecule has 2 heterocycles. The minimum atomic E-state index is -4.02. The molecule has 53 heavy (non-hydrogen) atoms. The van der Waals surface area contributed by atoms with Crippen molar-refractivity contribution in [1.82, 2.24) is 14.2 Å². The highest BCUT2D eigenvalue weighted by molar-refractivity contribution is 7.89. The number of hydrogen-bond donors (Lipinski definition) is 2. The smallest absolute Gasteiger partial charge is 0.410 e. The molecule has 0 unspecified atom stereocenters. The summed E-state index contributed by atoms with van der Waals surface area (Å²) in [6.07, 6.45) is 1.17. The quantitative estimate of drug-likeness (QED) is 0.174. The van der Waals surface area contributed by atoms with E-state index in [-0.39, 0.29) is 42.1 Å². The van der Waals surface area contributed by atoms with Gasteiger partial charge in [0.25, 0.3) is 0 Å². The molecular weight excluding hydrogens is 721 g/mol. The van der Waals surface area contributed by atoms with Crippen LogP contribution in [0.3, 0.4) is 0 Å². The second-order valence-corrected chi connectivity index (χ2v) is 16.3. The number of rotatable bonds is 11. The Hall–Kier alpha value is -4.56. The van der Waals surface area contributed by atoms with E-state index in [1.165, 1.54) is 40.6 Å². The predicted octanol–water partition coefficient (Wildman–Crippen LogP) is 6.61. The Morgan fingerprint density at radius 1 is 1.00 bits per heavy atom. The summed E-state index contributed by atoms with van der Waals surface area (Å²) < 4.78 is 56.0. The number of halogens is 2. The maximum Gasteiger partial charge on any atom is 0.410 e. The molecule has 2 amide bonds. The fourth-order valence-corrected chi connectivity index (χ4v) is 8.57. The number of carbonyl (C=O) groups excluding carboxylic acids is 2. The van der Waals surface area contributed by atoms with E-state index < -0.39 is 57.5 Å². The van der Waals surface area contributed by atoms with Crippen LogP contribution in [0.15, 0.2) is 96.0 Å². The lowest BCUT2D eigenvalue weighted by atomic mass is 9.85. The summed E-state index contributed by atoms with van der Waals surface area (Å²) in [6.45, 7) is 7.13. The third-order valence-electron chi connectivity index (χ3n) is 9.00. The maximum absolute atomic E-state index is 15.7. The molecule has 282 valence electrons. The van der Waals surface area contributed by atoms with Crippen molar-refractivity contribution in [1.29, 1.82) is 0 Å². The molecular formula is C39H45ClFN5O6S. The Kier molecular flexibility index (Phi) is 12.4. The summed E-state index contributed by atoms with van der Waals surface area (Å²) >= 11 is 6.15. The number of ether oxygens (including phenoxy) is 2. The van der Waals surface area contributed by atoms with Gasteiger partial charge in [0.15, 0.2) is 0 Å². The Balaban J connectivity index is 1.43. The first-order valence-corrected chi connectivity index (χ1v) is 19.1. The van der Waals surface area contributed by atoms with Crippen LogP contribution < -0.4 is 15.8 Å². The van der Waals surface area contributed by atoms with Crippen molar-refractivity contribution < 1.29 is 31.9 Å². The summed E-state index contributed by atoms with van der Waals surface area (Å²) in [6, 6.07) is 20.3. The molecule has 5 rings (SSSR count). The highest BCUT2D eigenvalue weighted by Crippen LogP contribution is 2.32. The van der Waals surface area contributed by atoms with Gasteiger partial charge < -0.3 is 25.4 Å². The van der Waals surface area contributed by atoms with E-state index in [2.05, 4.69) is 10.3 Å². The molecule has 1 aromatic heterocycles. The van der Waals surface area contributed by atoms with Crippen LogP contribution in [-0.2, 0) is 26.0 Å². The van der Waals surface area contributed by atoms with Gasteiger partial charge in [-0.1, -0.05) is 54.1 Å². The zero-order valence-electron chi connectivity index (χ0n) is 30.3. The minimum absolute atomic E-state index is 0.0189. The Labute approximate surface area is 315 Å². The number of methoxy groups -OCH3 is 1. The molecule has 1 fully saturated rings. The molecule has 3 N–H and O–H groups in total. The molecule has 0 radical (unpaired) electrons. The molecule has 4 aromatic rings. The third-order valence-corrected chi connectivity index (χ3v) is 11.3. The lowest BCUT2D eigenvalue weighted by molar-refractivity contribution is -0.117. The fourth-order valence-electron chi connectivity index (χ4n) is 6.59. The molecule has 0 saturated carbocycles. The Morgan fingerprint density at radius 2 is 1.68 bits per heavy atom. The first kappa shape index (κ1) is 39.6. The van der Waals surface area contributed by atoms with Gasteiger partial charge in [0.2, 0.25) is 21.8 Å². The normalized spacial score (nSPS) is 17.8. The van der Waals surface area contributed by atoms with E-state index in [1.54, 1.807) is 94.6 Å². The molecule has 14 heteroatoms. The number of sulfonamides is 1. The summed E-state index contributed by atoms with van der Waals surface area (Å²) in [5.74, 6) is -1.43. The third kappa shape index (κ3) is 9.52. The summed E-state index contributed by atoms with van der Waals surface area (Å²) in [5.41, 5.74) is 7.62. The molecule has 1 aliphatic rings. The van der Waals surface area contributed by atoms with Crippen molar-refractivity contribution in [2.45, 2.75) is 75.1 Å². The number of benzene rings is 3. The predicted molar refractivity (Wildman–Crippen MR) is 202 cm³/mol. The molecule has 1 saturated heterocycles. The minimum Gasteiger partial charge on any atom is -0.481 e. The van der Waals surface area contributed by atoms with Crippen LogP contribution in [-0.4, -0.2) is 78.5 Å². The molecule has 0 spiro atoms. The maximum atomic E-state index is 15.7. The van der Waals surface area contributed by atoms with E-state index >= 15 is 4.39 Å². The van der Waals surface area contributed by atoms with Crippen LogP contribution in [0.1, 0.15) is 56.7 Å². The number of carbonyl (C=O) groups is 2. The van der Waals surface area contributed by atoms with Crippen LogP contribution in [0.25, 0.3) is 0 Å². The van der Waals surface area contributed by atoms with E-state index in [0.717, 1.165) is 0 Å². The molecule has 0 aliphatic carbocycles. The zero-order valence-corrected chi connectivity index (χ0v) is 31.9. The highest BCUT2D eigenvalue weighted by atomic mass is 35.5. The van der Waals surface area contributed by atoms with Crippen molar-refractivity contribution >= 4 is 39.3 Å². The number of nitrogens with one attached hydrogen (secondary N) is 1. The van der Waals surface area contributed by atoms with Crippen LogP contribution >= 0.6 is 11.6 Å². The number of anilines is 1. The first-order valence-electron chi connectivity index (χ1n) is 17.2. The summed E-state index contributed by atoms with van der Waals surface area (Å²) in [7, 11) is -2.52. The van der Waals surface area contributed by atoms with Crippen LogP contribution in [0.2, 0.25) is 5.02 Å². The SMILES string of the molecule is COc1ccc([C@H](c2ccc(Cl)cc2)[C@H](N)C(=O)Nc2cccc(F)c2CC[C@H]2CN(C(=O)OC(C)(C)C)C[C@@H](C)N2S(=O)(=O)c2ccccc2)cn1. The summed E-state index contributed by atoms with van der Waals surface area (Å²) in [4.78, 5) is 33.0. The van der Waals surface area contributed by atoms with Gasteiger partial charge in [-0.05, 0) is 88.1 Å². The van der Waals surface area contributed by atoms with Crippen molar-refractivity contribution in [3.63, 3.8) is 0 Å². The number of pyridine rings is 1. The van der Waals surface area contributed by atoms with Gasteiger partial charge in [0, 0.05) is 59.6 Å². The Bertz CT molecular complexity index is 2000. The number of nitrogens with two attached hydrogens (primary N) is 1. The van der Waals surface area contributed by atoms with Crippen LogP contribution in [0.5, 0.6) is 5.88 Å².